The summed E-state index contributed by atoms with van der Waals surface area (Å²) in [6, 6.07) is 8.15. The van der Waals surface area contributed by atoms with Gasteiger partial charge in [-0.1, -0.05) is 17.3 Å². The van der Waals surface area contributed by atoms with Gasteiger partial charge in [0.05, 0.1) is 5.69 Å². The molecule has 1 amide bonds. The van der Waals surface area contributed by atoms with Crippen molar-refractivity contribution in [1.82, 2.24) is 10.5 Å². The van der Waals surface area contributed by atoms with E-state index in [0.717, 1.165) is 18.4 Å². The number of amides is 1. The topological polar surface area (TPSA) is 64.4 Å². The van der Waals surface area contributed by atoms with Crippen molar-refractivity contribution >= 4 is 5.91 Å². The molecule has 2 aromatic rings. The Labute approximate surface area is 133 Å². The van der Waals surface area contributed by atoms with Crippen molar-refractivity contribution in [2.45, 2.75) is 25.2 Å². The first-order chi connectivity index (χ1) is 11.1. The number of carbonyl (C=O) groups excluding carboxylic acids is 1. The highest BCUT2D eigenvalue weighted by Gasteiger charge is 2.35. The molecule has 1 aliphatic heterocycles. The van der Waals surface area contributed by atoms with Crippen molar-refractivity contribution in [1.29, 1.82) is 0 Å². The number of nitrogens with one attached hydrogen (secondary N) is 1. The van der Waals surface area contributed by atoms with Crippen molar-refractivity contribution < 1.29 is 18.4 Å². The molecule has 0 bridgehead atoms. The second-order valence-electron chi connectivity index (χ2n) is 5.92. The van der Waals surface area contributed by atoms with Gasteiger partial charge in [0.1, 0.15) is 5.82 Å². The highest BCUT2D eigenvalue weighted by atomic mass is 19.1. The minimum absolute atomic E-state index is 0.184. The number of benzene rings is 1. The number of carbonyl (C=O) groups is 1. The Balaban J connectivity index is 1.78. The van der Waals surface area contributed by atoms with Crippen LogP contribution in [-0.2, 0) is 10.2 Å². The third kappa shape index (κ3) is 3.42. The smallest absolute Gasteiger partial charge is 0.289 e. The molecule has 0 spiro atoms. The maximum absolute atomic E-state index is 13.6. The number of hydrogen-bond acceptors (Lipinski definition) is 4. The first-order valence-corrected chi connectivity index (χ1v) is 7.64. The Morgan fingerprint density at radius 1 is 1.35 bits per heavy atom. The van der Waals surface area contributed by atoms with Crippen LogP contribution < -0.4 is 5.32 Å². The lowest BCUT2D eigenvalue weighted by Crippen LogP contribution is -2.44. The third-order valence-corrected chi connectivity index (χ3v) is 4.33. The highest BCUT2D eigenvalue weighted by Crippen LogP contribution is 2.34. The van der Waals surface area contributed by atoms with Gasteiger partial charge in [-0.3, -0.25) is 4.79 Å². The molecule has 3 rings (SSSR count). The quantitative estimate of drug-likeness (QED) is 0.941. The van der Waals surface area contributed by atoms with E-state index in [1.165, 1.54) is 12.1 Å². The number of aryl methyl sites for hydroxylation is 1. The summed E-state index contributed by atoms with van der Waals surface area (Å²) in [5, 5.41) is 6.60. The van der Waals surface area contributed by atoms with Crippen molar-refractivity contribution in [2.75, 3.05) is 19.8 Å². The molecule has 0 aliphatic carbocycles. The minimum atomic E-state index is -0.328. The fourth-order valence-electron chi connectivity index (χ4n) is 2.96. The molecule has 6 heteroatoms. The van der Waals surface area contributed by atoms with Crippen molar-refractivity contribution in [3.63, 3.8) is 0 Å². The van der Waals surface area contributed by atoms with Gasteiger partial charge in [0, 0.05) is 31.2 Å². The lowest BCUT2D eigenvalue weighted by Gasteiger charge is -2.37. The molecule has 23 heavy (non-hydrogen) atoms. The number of rotatable bonds is 4. The fraction of sp³-hybridized carbons (Fsp3) is 0.412. The Kier molecular flexibility index (Phi) is 4.43. The lowest BCUT2D eigenvalue weighted by molar-refractivity contribution is 0.0483. The summed E-state index contributed by atoms with van der Waals surface area (Å²) >= 11 is 0. The van der Waals surface area contributed by atoms with Gasteiger partial charge in [-0.15, -0.1) is 0 Å². The van der Waals surface area contributed by atoms with Gasteiger partial charge >= 0.3 is 0 Å². The van der Waals surface area contributed by atoms with E-state index in [1.807, 2.05) is 6.07 Å². The first kappa shape index (κ1) is 15.7. The predicted molar refractivity (Wildman–Crippen MR) is 81.7 cm³/mol. The second kappa shape index (κ2) is 6.50. The average molecular weight is 318 g/mol. The summed E-state index contributed by atoms with van der Waals surface area (Å²) in [7, 11) is 0. The minimum Gasteiger partial charge on any atom is -0.381 e. The average Bonchev–Trinajstić information content (AvgIpc) is 3.00. The Bertz CT molecular complexity index is 693. The number of aromatic nitrogens is 1. The normalized spacial score (nSPS) is 17.0. The fourth-order valence-corrected chi connectivity index (χ4v) is 2.96. The van der Waals surface area contributed by atoms with E-state index in [1.54, 1.807) is 19.1 Å². The van der Waals surface area contributed by atoms with Crippen LogP contribution in [0.1, 0.15) is 34.7 Å². The zero-order valence-electron chi connectivity index (χ0n) is 13.0. The lowest BCUT2D eigenvalue weighted by atomic mass is 9.74. The van der Waals surface area contributed by atoms with Gasteiger partial charge in [-0.2, -0.15) is 0 Å². The summed E-state index contributed by atoms with van der Waals surface area (Å²) in [4.78, 5) is 12.2. The summed E-state index contributed by atoms with van der Waals surface area (Å²) in [5.41, 5.74) is 1.21. The zero-order valence-corrected chi connectivity index (χ0v) is 13.0. The van der Waals surface area contributed by atoms with Crippen LogP contribution in [0.4, 0.5) is 4.39 Å². The van der Waals surface area contributed by atoms with E-state index in [0.29, 0.717) is 25.5 Å². The van der Waals surface area contributed by atoms with Gasteiger partial charge in [0.25, 0.3) is 5.91 Å². The van der Waals surface area contributed by atoms with Gasteiger partial charge in [-0.25, -0.2) is 4.39 Å². The maximum atomic E-state index is 13.6. The first-order valence-electron chi connectivity index (χ1n) is 7.64. The molecule has 122 valence electrons. The summed E-state index contributed by atoms with van der Waals surface area (Å²) in [5.74, 6) is -0.401. The Hall–Kier alpha value is -2.21. The van der Waals surface area contributed by atoms with E-state index in [-0.39, 0.29) is 22.9 Å². The molecule has 1 aromatic heterocycles. The molecule has 0 unspecified atom stereocenters. The summed E-state index contributed by atoms with van der Waals surface area (Å²) < 4.78 is 24.0. The van der Waals surface area contributed by atoms with Gasteiger partial charge in [0.15, 0.2) is 0 Å². The molecule has 2 heterocycles. The van der Waals surface area contributed by atoms with Crippen molar-refractivity contribution in [3.05, 3.63) is 53.2 Å². The molecule has 1 aromatic carbocycles. The van der Waals surface area contributed by atoms with E-state index < -0.39 is 0 Å². The van der Waals surface area contributed by atoms with Gasteiger partial charge in [0.2, 0.25) is 5.76 Å². The molecule has 1 fully saturated rings. The van der Waals surface area contributed by atoms with E-state index in [2.05, 4.69) is 10.5 Å². The highest BCUT2D eigenvalue weighted by molar-refractivity contribution is 5.91. The van der Waals surface area contributed by atoms with Gasteiger partial charge < -0.3 is 14.6 Å². The molecule has 1 N–H and O–H groups in total. The largest absolute Gasteiger partial charge is 0.381 e. The van der Waals surface area contributed by atoms with Crippen LogP contribution in [0.25, 0.3) is 0 Å². The van der Waals surface area contributed by atoms with E-state index >= 15 is 0 Å². The monoisotopic (exact) mass is 318 g/mol. The van der Waals surface area contributed by atoms with Crippen LogP contribution in [0.3, 0.4) is 0 Å². The van der Waals surface area contributed by atoms with Crippen molar-refractivity contribution in [3.8, 4) is 0 Å². The molecular formula is C17H19FN2O3. The van der Waals surface area contributed by atoms with Crippen molar-refractivity contribution in [2.24, 2.45) is 0 Å². The van der Waals surface area contributed by atoms with Crippen LogP contribution in [0.5, 0.6) is 0 Å². The Morgan fingerprint density at radius 2 is 2.13 bits per heavy atom. The number of nitrogens with zero attached hydrogens (tertiary/aromatic N) is 1. The molecular weight excluding hydrogens is 299 g/mol. The van der Waals surface area contributed by atoms with Crippen LogP contribution >= 0.6 is 0 Å². The predicted octanol–water partition coefficient (Wildman–Crippen LogP) is 2.60. The number of hydrogen-bond donors (Lipinski definition) is 1. The van der Waals surface area contributed by atoms with E-state index in [4.69, 9.17) is 9.26 Å². The molecule has 5 nitrogen and oxygen atoms in total. The summed E-state index contributed by atoms with van der Waals surface area (Å²) in [6.07, 6.45) is 1.46. The standard InChI is InChI=1S/C17H19FN2O3/c1-12-9-15(23-20-12)16(21)19-11-17(5-7-22-8-6-17)13-3-2-4-14(18)10-13/h2-4,9-10H,5-8,11H2,1H3,(H,19,21). The zero-order chi connectivity index (χ0) is 16.3. The molecule has 1 aliphatic rings. The van der Waals surface area contributed by atoms with Crippen LogP contribution in [0, 0.1) is 12.7 Å². The SMILES string of the molecule is Cc1cc(C(=O)NCC2(c3cccc(F)c3)CCOCC2)on1. The molecule has 0 atom stereocenters. The van der Waals surface area contributed by atoms with E-state index in [9.17, 15) is 9.18 Å². The second-order valence-corrected chi connectivity index (χ2v) is 5.92. The molecule has 1 saturated heterocycles. The molecule has 0 saturated carbocycles. The third-order valence-electron chi connectivity index (χ3n) is 4.33. The number of ether oxygens (including phenoxy) is 1. The van der Waals surface area contributed by atoms with Crippen LogP contribution in [-0.4, -0.2) is 30.8 Å². The van der Waals surface area contributed by atoms with Crippen LogP contribution in [0.15, 0.2) is 34.9 Å². The molecule has 0 radical (unpaired) electrons. The number of halogens is 1. The summed E-state index contributed by atoms with van der Waals surface area (Å²) in [6.45, 7) is 3.34. The van der Waals surface area contributed by atoms with Gasteiger partial charge in [-0.05, 0) is 37.5 Å². The maximum Gasteiger partial charge on any atom is 0.289 e. The van der Waals surface area contributed by atoms with Crippen LogP contribution in [0.2, 0.25) is 0 Å². The Morgan fingerprint density at radius 3 is 2.78 bits per heavy atom.